The molecule has 4 N–H and O–H groups in total. The van der Waals surface area contributed by atoms with Crippen LogP contribution in [0.5, 0.6) is 5.75 Å². The SMILES string of the molecule is COc1ccc(CCNC(=NCc2ccc(S(N)(=O)=O)cc2)NCC(=O)N(C)C)cc1.I. The molecule has 0 atom stereocenters. The predicted octanol–water partition coefficient (Wildman–Crippen LogP) is 1.33. The maximum absolute atomic E-state index is 11.9. The van der Waals surface area contributed by atoms with Crippen LogP contribution in [0.4, 0.5) is 0 Å². The van der Waals surface area contributed by atoms with Gasteiger partial charge in [-0.1, -0.05) is 24.3 Å². The Balaban J connectivity index is 0.00000512. The fourth-order valence-corrected chi connectivity index (χ4v) is 3.08. The fourth-order valence-electron chi connectivity index (χ4n) is 2.56. The van der Waals surface area contributed by atoms with Crippen molar-refractivity contribution in [2.75, 3.05) is 34.3 Å². The van der Waals surface area contributed by atoms with Crippen molar-refractivity contribution in [3.63, 3.8) is 0 Å². The summed E-state index contributed by atoms with van der Waals surface area (Å²) in [5.74, 6) is 1.21. The van der Waals surface area contributed by atoms with E-state index in [1.807, 2.05) is 24.3 Å². The number of halogens is 1. The second kappa shape index (κ2) is 13.2. The lowest BCUT2D eigenvalue weighted by Crippen LogP contribution is -2.43. The fraction of sp³-hybridized carbons (Fsp3) is 0.333. The van der Waals surface area contributed by atoms with Gasteiger partial charge in [-0.25, -0.2) is 18.5 Å². The van der Waals surface area contributed by atoms with Crippen LogP contribution < -0.4 is 20.5 Å². The Morgan fingerprint density at radius 2 is 1.62 bits per heavy atom. The monoisotopic (exact) mass is 575 g/mol. The van der Waals surface area contributed by atoms with Gasteiger partial charge in [0.05, 0.1) is 25.1 Å². The summed E-state index contributed by atoms with van der Waals surface area (Å²) in [4.78, 5) is 18.0. The molecule has 176 valence electrons. The summed E-state index contributed by atoms with van der Waals surface area (Å²) in [6.07, 6.45) is 0.759. The Bertz CT molecular complexity index is 994. The molecule has 2 aromatic carbocycles. The van der Waals surface area contributed by atoms with Gasteiger partial charge in [-0.3, -0.25) is 4.79 Å². The van der Waals surface area contributed by atoms with Crippen LogP contribution in [0, 0.1) is 0 Å². The number of methoxy groups -OCH3 is 1. The first-order valence-electron chi connectivity index (χ1n) is 9.66. The molecule has 0 spiro atoms. The van der Waals surface area contributed by atoms with Gasteiger partial charge < -0.3 is 20.3 Å². The van der Waals surface area contributed by atoms with E-state index < -0.39 is 10.0 Å². The van der Waals surface area contributed by atoms with E-state index in [2.05, 4.69) is 15.6 Å². The number of benzene rings is 2. The van der Waals surface area contributed by atoms with Crippen LogP contribution in [0.15, 0.2) is 58.4 Å². The largest absolute Gasteiger partial charge is 0.497 e. The highest BCUT2D eigenvalue weighted by Crippen LogP contribution is 2.11. The summed E-state index contributed by atoms with van der Waals surface area (Å²) in [7, 11) is 1.27. The Morgan fingerprint density at radius 1 is 1.03 bits per heavy atom. The van der Waals surface area contributed by atoms with E-state index in [-0.39, 0.29) is 41.3 Å². The molecule has 0 saturated carbocycles. The molecule has 0 unspecified atom stereocenters. The molecule has 0 saturated heterocycles. The number of likely N-dealkylation sites (N-methyl/N-ethyl adjacent to an activating group) is 1. The number of nitrogens with one attached hydrogen (secondary N) is 2. The highest BCUT2D eigenvalue weighted by molar-refractivity contribution is 14.0. The number of guanidine groups is 1. The third kappa shape index (κ3) is 9.40. The van der Waals surface area contributed by atoms with Crippen molar-refractivity contribution in [2.45, 2.75) is 17.9 Å². The van der Waals surface area contributed by atoms with Crippen molar-refractivity contribution >= 4 is 45.9 Å². The van der Waals surface area contributed by atoms with Gasteiger partial charge in [0.25, 0.3) is 0 Å². The van der Waals surface area contributed by atoms with Crippen molar-refractivity contribution in [1.29, 1.82) is 0 Å². The number of sulfonamides is 1. The van der Waals surface area contributed by atoms with Crippen LogP contribution in [0.1, 0.15) is 11.1 Å². The third-order valence-electron chi connectivity index (χ3n) is 4.44. The van der Waals surface area contributed by atoms with Gasteiger partial charge in [0, 0.05) is 20.6 Å². The molecule has 11 heteroatoms. The first-order chi connectivity index (χ1) is 14.7. The third-order valence-corrected chi connectivity index (χ3v) is 5.37. The summed E-state index contributed by atoms with van der Waals surface area (Å²) in [5.41, 5.74) is 1.94. The molecule has 0 radical (unpaired) electrons. The van der Waals surface area contributed by atoms with Crippen molar-refractivity contribution < 1.29 is 17.9 Å². The Kier molecular flexibility index (Phi) is 11.4. The molecule has 32 heavy (non-hydrogen) atoms. The van der Waals surface area contributed by atoms with Crippen LogP contribution in [0.25, 0.3) is 0 Å². The number of ether oxygens (including phenoxy) is 1. The van der Waals surface area contributed by atoms with Gasteiger partial charge >= 0.3 is 0 Å². The normalized spacial score (nSPS) is 11.3. The lowest BCUT2D eigenvalue weighted by Gasteiger charge is -2.15. The van der Waals surface area contributed by atoms with Gasteiger partial charge in [0.1, 0.15) is 5.75 Å². The summed E-state index contributed by atoms with van der Waals surface area (Å²) < 4.78 is 27.9. The maximum Gasteiger partial charge on any atom is 0.241 e. The van der Waals surface area contributed by atoms with E-state index in [9.17, 15) is 13.2 Å². The van der Waals surface area contributed by atoms with E-state index in [4.69, 9.17) is 9.88 Å². The summed E-state index contributed by atoms with van der Waals surface area (Å²) in [6.45, 7) is 1.02. The zero-order valence-electron chi connectivity index (χ0n) is 18.4. The smallest absolute Gasteiger partial charge is 0.241 e. The lowest BCUT2D eigenvalue weighted by atomic mass is 10.1. The number of amides is 1. The Morgan fingerprint density at radius 3 is 2.16 bits per heavy atom. The number of nitrogens with two attached hydrogens (primary N) is 1. The summed E-state index contributed by atoms with van der Waals surface area (Å²) in [6, 6.07) is 14.0. The Hall–Kier alpha value is -2.38. The molecule has 0 aliphatic carbocycles. The number of primary sulfonamides is 1. The van der Waals surface area contributed by atoms with Crippen molar-refractivity contribution in [2.24, 2.45) is 10.1 Å². The van der Waals surface area contributed by atoms with Crippen LogP contribution >= 0.6 is 24.0 Å². The van der Waals surface area contributed by atoms with E-state index in [0.29, 0.717) is 19.0 Å². The predicted molar refractivity (Wildman–Crippen MR) is 136 cm³/mol. The molecule has 9 nitrogen and oxygen atoms in total. The number of rotatable bonds is 9. The number of carbonyl (C=O) groups excluding carboxylic acids is 1. The summed E-state index contributed by atoms with van der Waals surface area (Å²) in [5, 5.41) is 11.4. The molecule has 0 bridgehead atoms. The van der Waals surface area contributed by atoms with Crippen LogP contribution in [-0.4, -0.2) is 59.5 Å². The lowest BCUT2D eigenvalue weighted by molar-refractivity contribution is -0.127. The topological polar surface area (TPSA) is 126 Å². The molecule has 0 heterocycles. The minimum Gasteiger partial charge on any atom is -0.497 e. The molecule has 2 rings (SSSR count). The van der Waals surface area contributed by atoms with E-state index in [1.165, 1.54) is 17.0 Å². The van der Waals surface area contributed by atoms with Crippen LogP contribution in [-0.2, 0) is 27.8 Å². The second-order valence-corrected chi connectivity index (χ2v) is 8.58. The molecular weight excluding hydrogens is 545 g/mol. The molecule has 0 fully saturated rings. The van der Waals surface area contributed by atoms with E-state index >= 15 is 0 Å². The molecule has 0 aliphatic rings. The van der Waals surface area contributed by atoms with E-state index in [0.717, 1.165) is 23.3 Å². The average Bonchev–Trinajstić information content (AvgIpc) is 2.75. The van der Waals surface area contributed by atoms with Gasteiger partial charge in [-0.2, -0.15) is 0 Å². The molecular formula is C21H30IN5O4S. The van der Waals surface area contributed by atoms with E-state index in [1.54, 1.807) is 33.3 Å². The average molecular weight is 575 g/mol. The number of aliphatic imine (C=N–C) groups is 1. The first-order valence-corrected chi connectivity index (χ1v) is 11.2. The van der Waals surface area contributed by atoms with Gasteiger partial charge in [0.2, 0.25) is 15.9 Å². The maximum atomic E-state index is 11.9. The first kappa shape index (κ1) is 27.7. The molecule has 0 aliphatic heterocycles. The van der Waals surface area contributed by atoms with Gasteiger partial charge in [-0.15, -0.1) is 24.0 Å². The highest BCUT2D eigenvalue weighted by atomic mass is 127. The molecule has 0 aromatic heterocycles. The zero-order valence-corrected chi connectivity index (χ0v) is 21.5. The Labute approximate surface area is 206 Å². The highest BCUT2D eigenvalue weighted by Gasteiger charge is 2.08. The summed E-state index contributed by atoms with van der Waals surface area (Å²) >= 11 is 0. The molecule has 2 aromatic rings. The van der Waals surface area contributed by atoms with Crippen molar-refractivity contribution in [1.82, 2.24) is 15.5 Å². The second-order valence-electron chi connectivity index (χ2n) is 7.02. The quantitative estimate of drug-likeness (QED) is 0.235. The number of carbonyl (C=O) groups is 1. The zero-order chi connectivity index (χ0) is 22.9. The number of hydrogen-bond donors (Lipinski definition) is 3. The van der Waals surface area contributed by atoms with Crippen molar-refractivity contribution in [3.05, 3.63) is 59.7 Å². The van der Waals surface area contributed by atoms with Crippen LogP contribution in [0.3, 0.4) is 0 Å². The van der Waals surface area contributed by atoms with Gasteiger partial charge in [-0.05, 0) is 41.8 Å². The number of hydrogen-bond acceptors (Lipinski definition) is 5. The van der Waals surface area contributed by atoms with Crippen molar-refractivity contribution in [3.8, 4) is 5.75 Å². The minimum absolute atomic E-state index is 0. The number of nitrogens with zero attached hydrogens (tertiary/aromatic N) is 2. The minimum atomic E-state index is -3.73. The standard InChI is InChI=1S/C21H29N5O4S.HI/c1-26(2)20(27)15-25-21(23-13-12-16-4-8-18(30-3)9-5-16)24-14-17-6-10-19(11-7-17)31(22,28)29;/h4-11H,12-15H2,1-3H3,(H2,22,28,29)(H2,23,24,25);1H. The van der Waals surface area contributed by atoms with Gasteiger partial charge in [0.15, 0.2) is 5.96 Å². The van der Waals surface area contributed by atoms with Crippen LogP contribution in [0.2, 0.25) is 0 Å². The molecule has 1 amide bonds.